The maximum atomic E-state index is 12.5. The van der Waals surface area contributed by atoms with Gasteiger partial charge in [-0.25, -0.2) is 0 Å². The van der Waals surface area contributed by atoms with E-state index in [9.17, 15) is 14.4 Å². The highest BCUT2D eigenvalue weighted by Gasteiger charge is 2.37. The Bertz CT molecular complexity index is 936. The Labute approximate surface area is 176 Å². The van der Waals surface area contributed by atoms with Crippen LogP contribution in [0.25, 0.3) is 0 Å². The molecule has 1 aliphatic rings. The van der Waals surface area contributed by atoms with Crippen LogP contribution in [0.2, 0.25) is 0 Å². The molecular formula is C23H26N2O5. The minimum Gasteiger partial charge on any atom is -0.492 e. The van der Waals surface area contributed by atoms with Crippen LogP contribution in [0.15, 0.2) is 42.5 Å². The Balaban J connectivity index is 1.56. The van der Waals surface area contributed by atoms with Crippen LogP contribution in [0.5, 0.6) is 5.75 Å². The van der Waals surface area contributed by atoms with Crippen LogP contribution in [-0.4, -0.2) is 37.5 Å². The summed E-state index contributed by atoms with van der Waals surface area (Å²) in [7, 11) is 0. The van der Waals surface area contributed by atoms with E-state index < -0.39 is 24.4 Å². The van der Waals surface area contributed by atoms with Gasteiger partial charge in [0.05, 0.1) is 18.2 Å². The van der Waals surface area contributed by atoms with Gasteiger partial charge in [0.15, 0.2) is 6.61 Å². The van der Waals surface area contributed by atoms with Gasteiger partial charge in [0.2, 0.25) is 5.91 Å². The average molecular weight is 410 g/mol. The van der Waals surface area contributed by atoms with Gasteiger partial charge in [-0.15, -0.1) is 0 Å². The molecule has 2 aromatic rings. The van der Waals surface area contributed by atoms with E-state index in [-0.39, 0.29) is 18.9 Å². The lowest BCUT2D eigenvalue weighted by Gasteiger charge is -2.19. The van der Waals surface area contributed by atoms with E-state index in [1.807, 2.05) is 51.1 Å². The summed E-state index contributed by atoms with van der Waals surface area (Å²) < 4.78 is 10.8. The third-order valence-electron chi connectivity index (χ3n) is 4.77. The zero-order valence-corrected chi connectivity index (χ0v) is 17.4. The van der Waals surface area contributed by atoms with Crippen LogP contribution < -0.4 is 15.0 Å². The number of amides is 2. The summed E-state index contributed by atoms with van der Waals surface area (Å²) in [5.74, 6) is -1.19. The van der Waals surface area contributed by atoms with Crippen molar-refractivity contribution >= 4 is 29.2 Å². The number of aryl methyl sites for hydroxylation is 2. The van der Waals surface area contributed by atoms with Crippen LogP contribution >= 0.6 is 0 Å². The Kier molecular flexibility index (Phi) is 6.72. The molecule has 0 unspecified atom stereocenters. The molecule has 7 heteroatoms. The van der Waals surface area contributed by atoms with Crippen LogP contribution in [0.4, 0.5) is 11.4 Å². The summed E-state index contributed by atoms with van der Waals surface area (Å²) in [6.45, 7) is 6.02. The number of esters is 1. The van der Waals surface area contributed by atoms with Crippen molar-refractivity contribution in [1.82, 2.24) is 0 Å². The van der Waals surface area contributed by atoms with Crippen LogP contribution in [0, 0.1) is 19.8 Å². The monoisotopic (exact) mass is 410 g/mol. The molecule has 0 bridgehead atoms. The smallest absolute Gasteiger partial charge is 0.311 e. The Hall–Kier alpha value is -3.35. The molecule has 0 radical (unpaired) electrons. The fourth-order valence-corrected chi connectivity index (χ4v) is 3.55. The summed E-state index contributed by atoms with van der Waals surface area (Å²) in [5.41, 5.74) is 3.34. The van der Waals surface area contributed by atoms with Gasteiger partial charge in [0, 0.05) is 18.7 Å². The molecule has 158 valence electrons. The van der Waals surface area contributed by atoms with E-state index in [0.29, 0.717) is 23.7 Å². The highest BCUT2D eigenvalue weighted by Crippen LogP contribution is 2.33. The van der Waals surface area contributed by atoms with Gasteiger partial charge in [-0.05, 0) is 56.2 Å². The zero-order chi connectivity index (χ0) is 21.7. The third kappa shape index (κ3) is 5.17. The first-order valence-corrected chi connectivity index (χ1v) is 9.94. The van der Waals surface area contributed by atoms with Crippen molar-refractivity contribution in [2.24, 2.45) is 5.92 Å². The molecule has 0 spiro atoms. The van der Waals surface area contributed by atoms with Gasteiger partial charge in [-0.3, -0.25) is 14.4 Å². The van der Waals surface area contributed by atoms with Gasteiger partial charge >= 0.3 is 5.97 Å². The summed E-state index contributed by atoms with van der Waals surface area (Å²) in [4.78, 5) is 38.6. The van der Waals surface area contributed by atoms with Gasteiger partial charge in [0.1, 0.15) is 5.75 Å². The molecule has 1 heterocycles. The number of para-hydroxylation sites is 2. The molecule has 0 aliphatic carbocycles. The van der Waals surface area contributed by atoms with E-state index in [4.69, 9.17) is 9.47 Å². The van der Waals surface area contributed by atoms with Gasteiger partial charge in [-0.2, -0.15) is 0 Å². The van der Waals surface area contributed by atoms with Crippen LogP contribution in [0.1, 0.15) is 24.5 Å². The Morgan fingerprint density at radius 3 is 2.53 bits per heavy atom. The number of ether oxygens (including phenoxy) is 2. The quantitative estimate of drug-likeness (QED) is 0.709. The molecule has 1 saturated heterocycles. The van der Waals surface area contributed by atoms with Crippen molar-refractivity contribution < 1.29 is 23.9 Å². The molecule has 30 heavy (non-hydrogen) atoms. The number of rotatable bonds is 7. The van der Waals surface area contributed by atoms with Crippen molar-refractivity contribution in [3.05, 3.63) is 53.6 Å². The number of carbonyl (C=O) groups excluding carboxylic acids is 3. The van der Waals surface area contributed by atoms with Gasteiger partial charge in [-0.1, -0.05) is 18.2 Å². The number of nitrogens with zero attached hydrogens (tertiary/aromatic N) is 1. The Morgan fingerprint density at radius 1 is 1.13 bits per heavy atom. The first-order valence-electron chi connectivity index (χ1n) is 9.94. The predicted molar refractivity (Wildman–Crippen MR) is 114 cm³/mol. The SMILES string of the molecule is CCOc1ccccc1N1C[C@H](C(=O)OCC(=O)Nc2cc(C)cc(C)c2)CC1=O. The maximum absolute atomic E-state index is 12.5. The van der Waals surface area contributed by atoms with E-state index in [0.717, 1.165) is 11.1 Å². The molecule has 2 aromatic carbocycles. The standard InChI is InChI=1S/C23H26N2O5/c1-4-29-20-8-6-5-7-19(20)25-13-17(12-22(25)27)23(28)30-14-21(26)24-18-10-15(2)9-16(3)11-18/h5-11,17H,4,12-14H2,1-3H3,(H,24,26)/t17-/m1/s1. The van der Waals surface area contributed by atoms with E-state index in [1.54, 1.807) is 12.1 Å². The van der Waals surface area contributed by atoms with E-state index in [2.05, 4.69) is 5.32 Å². The first-order chi connectivity index (χ1) is 14.4. The number of hydrogen-bond donors (Lipinski definition) is 1. The average Bonchev–Trinajstić information content (AvgIpc) is 3.07. The number of carbonyl (C=O) groups is 3. The largest absolute Gasteiger partial charge is 0.492 e. The second kappa shape index (κ2) is 9.43. The fraction of sp³-hybridized carbons (Fsp3) is 0.348. The summed E-state index contributed by atoms with van der Waals surface area (Å²) in [6.07, 6.45) is 0.0397. The maximum Gasteiger partial charge on any atom is 0.311 e. The first kappa shape index (κ1) is 21.4. The molecule has 1 N–H and O–H groups in total. The minimum absolute atomic E-state index is 0.0397. The van der Waals surface area contributed by atoms with Crippen molar-refractivity contribution in [1.29, 1.82) is 0 Å². The van der Waals surface area contributed by atoms with Crippen molar-refractivity contribution in [2.75, 3.05) is 30.0 Å². The Morgan fingerprint density at radius 2 is 1.83 bits per heavy atom. The summed E-state index contributed by atoms with van der Waals surface area (Å²) in [5, 5.41) is 2.72. The van der Waals surface area contributed by atoms with Crippen molar-refractivity contribution in [3.8, 4) is 5.75 Å². The lowest BCUT2D eigenvalue weighted by atomic mass is 10.1. The molecule has 2 amide bonds. The summed E-state index contributed by atoms with van der Waals surface area (Å²) in [6, 6.07) is 12.9. The second-order valence-corrected chi connectivity index (χ2v) is 7.34. The zero-order valence-electron chi connectivity index (χ0n) is 17.4. The second-order valence-electron chi connectivity index (χ2n) is 7.34. The topological polar surface area (TPSA) is 84.9 Å². The number of benzene rings is 2. The van der Waals surface area contributed by atoms with E-state index in [1.165, 1.54) is 4.90 Å². The minimum atomic E-state index is -0.624. The molecule has 0 aromatic heterocycles. The highest BCUT2D eigenvalue weighted by atomic mass is 16.5. The molecular weight excluding hydrogens is 384 g/mol. The summed E-state index contributed by atoms with van der Waals surface area (Å²) >= 11 is 0. The number of anilines is 2. The lowest BCUT2D eigenvalue weighted by Crippen LogP contribution is -2.28. The molecule has 1 fully saturated rings. The molecule has 1 atom stereocenters. The predicted octanol–water partition coefficient (Wildman–Crippen LogP) is 3.24. The fourth-order valence-electron chi connectivity index (χ4n) is 3.55. The van der Waals surface area contributed by atoms with Crippen molar-refractivity contribution in [2.45, 2.75) is 27.2 Å². The van der Waals surface area contributed by atoms with Gasteiger partial charge < -0.3 is 19.7 Å². The highest BCUT2D eigenvalue weighted by molar-refractivity contribution is 6.01. The molecule has 3 rings (SSSR count). The van der Waals surface area contributed by atoms with Crippen LogP contribution in [-0.2, 0) is 19.1 Å². The molecule has 1 aliphatic heterocycles. The molecule has 7 nitrogen and oxygen atoms in total. The number of nitrogens with one attached hydrogen (secondary N) is 1. The third-order valence-corrected chi connectivity index (χ3v) is 4.77. The normalized spacial score (nSPS) is 15.8. The molecule has 0 saturated carbocycles. The lowest BCUT2D eigenvalue weighted by molar-refractivity contribution is -0.151. The van der Waals surface area contributed by atoms with Crippen LogP contribution in [0.3, 0.4) is 0 Å². The number of hydrogen-bond acceptors (Lipinski definition) is 5. The van der Waals surface area contributed by atoms with Crippen molar-refractivity contribution in [3.63, 3.8) is 0 Å². The van der Waals surface area contributed by atoms with Gasteiger partial charge in [0.25, 0.3) is 5.91 Å². The van der Waals surface area contributed by atoms with E-state index >= 15 is 0 Å².